The number of hydrogen-bond donors (Lipinski definition) is 0. The van der Waals surface area contributed by atoms with Gasteiger partial charge in [-0.25, -0.2) is 0 Å². The lowest BCUT2D eigenvalue weighted by molar-refractivity contribution is -0.0748. The summed E-state index contributed by atoms with van der Waals surface area (Å²) in [6.07, 6.45) is -0.183. The molecule has 3 rings (SSSR count). The van der Waals surface area contributed by atoms with E-state index in [1.807, 2.05) is 37.6 Å². The molecular formula is C15H22N2O2. The number of nitrogens with zero attached hydrogens (tertiary/aromatic N) is 2. The summed E-state index contributed by atoms with van der Waals surface area (Å²) >= 11 is 0. The molecule has 1 saturated heterocycles. The van der Waals surface area contributed by atoms with Gasteiger partial charge in [0.25, 0.3) is 0 Å². The normalized spacial score (nSPS) is 17.3. The maximum absolute atomic E-state index is 5.54. The SMILES string of the molecule is CC.Cc1nn(C(C)C2OCCO2)c2ccccc12. The Balaban J connectivity index is 0.000000637. The molecule has 2 aromatic rings. The van der Waals surface area contributed by atoms with Crippen molar-refractivity contribution in [2.45, 2.75) is 40.0 Å². The van der Waals surface area contributed by atoms with Crippen LogP contribution in [0.3, 0.4) is 0 Å². The van der Waals surface area contributed by atoms with E-state index in [2.05, 4.69) is 24.2 Å². The lowest BCUT2D eigenvalue weighted by Gasteiger charge is -2.19. The Labute approximate surface area is 114 Å². The van der Waals surface area contributed by atoms with E-state index in [0.717, 1.165) is 11.2 Å². The zero-order valence-electron chi connectivity index (χ0n) is 12.1. The van der Waals surface area contributed by atoms with Gasteiger partial charge in [0, 0.05) is 5.39 Å². The molecule has 0 bridgehead atoms. The second kappa shape index (κ2) is 6.17. The summed E-state index contributed by atoms with van der Waals surface area (Å²) in [5, 5.41) is 5.78. The van der Waals surface area contributed by atoms with Crippen molar-refractivity contribution in [3.8, 4) is 0 Å². The highest BCUT2D eigenvalue weighted by Gasteiger charge is 2.26. The highest BCUT2D eigenvalue weighted by Crippen LogP contribution is 2.25. The molecule has 1 fully saturated rings. The third-order valence-corrected chi connectivity index (χ3v) is 3.23. The van der Waals surface area contributed by atoms with E-state index < -0.39 is 0 Å². The van der Waals surface area contributed by atoms with E-state index in [4.69, 9.17) is 9.47 Å². The van der Waals surface area contributed by atoms with Crippen LogP contribution in [0.25, 0.3) is 10.9 Å². The Kier molecular flexibility index (Phi) is 4.56. The second-order valence-electron chi connectivity index (χ2n) is 4.40. The zero-order chi connectivity index (χ0) is 13.8. The van der Waals surface area contributed by atoms with Crippen molar-refractivity contribution in [3.05, 3.63) is 30.0 Å². The number of fused-ring (bicyclic) bond motifs is 1. The molecule has 1 aliphatic rings. The van der Waals surface area contributed by atoms with Crippen LogP contribution in [-0.4, -0.2) is 29.3 Å². The van der Waals surface area contributed by atoms with Crippen LogP contribution in [0.15, 0.2) is 24.3 Å². The predicted molar refractivity (Wildman–Crippen MR) is 76.2 cm³/mol. The molecule has 104 valence electrons. The van der Waals surface area contributed by atoms with Crippen LogP contribution < -0.4 is 0 Å². The quantitative estimate of drug-likeness (QED) is 0.833. The van der Waals surface area contributed by atoms with Gasteiger partial charge in [0.15, 0.2) is 6.29 Å². The van der Waals surface area contributed by atoms with Crippen molar-refractivity contribution in [2.24, 2.45) is 0 Å². The summed E-state index contributed by atoms with van der Waals surface area (Å²) < 4.78 is 13.1. The first-order chi connectivity index (χ1) is 9.27. The van der Waals surface area contributed by atoms with Gasteiger partial charge >= 0.3 is 0 Å². The third kappa shape index (κ3) is 2.65. The van der Waals surface area contributed by atoms with Gasteiger partial charge in [-0.3, -0.25) is 4.68 Å². The average Bonchev–Trinajstić information content (AvgIpc) is 3.09. The number of aryl methyl sites for hydroxylation is 1. The van der Waals surface area contributed by atoms with E-state index in [9.17, 15) is 0 Å². The number of rotatable bonds is 2. The maximum atomic E-state index is 5.54. The molecule has 1 aromatic heterocycles. The molecule has 0 radical (unpaired) electrons. The molecule has 0 amide bonds. The van der Waals surface area contributed by atoms with Gasteiger partial charge < -0.3 is 9.47 Å². The highest BCUT2D eigenvalue weighted by molar-refractivity contribution is 5.81. The fourth-order valence-corrected chi connectivity index (χ4v) is 2.33. The van der Waals surface area contributed by atoms with Crippen LogP contribution in [0.2, 0.25) is 0 Å². The standard InChI is InChI=1S/C13H16N2O2.C2H6/c1-9-11-5-3-4-6-12(11)15(14-9)10(2)13-16-7-8-17-13;1-2/h3-6,10,13H,7-8H2,1-2H3;1-2H3. The predicted octanol–water partition coefficient (Wildman–Crippen LogP) is 3.30. The van der Waals surface area contributed by atoms with Crippen LogP contribution in [0.1, 0.15) is 32.5 Å². The number of hydrogen-bond acceptors (Lipinski definition) is 3. The molecule has 0 N–H and O–H groups in total. The first-order valence-electron chi connectivity index (χ1n) is 6.94. The molecular weight excluding hydrogens is 240 g/mol. The molecule has 0 spiro atoms. The minimum atomic E-state index is -0.183. The fraction of sp³-hybridized carbons (Fsp3) is 0.533. The molecule has 0 aliphatic carbocycles. The van der Waals surface area contributed by atoms with Gasteiger partial charge in [-0.05, 0) is 19.9 Å². The van der Waals surface area contributed by atoms with Crippen LogP contribution in [0.5, 0.6) is 0 Å². The summed E-state index contributed by atoms with van der Waals surface area (Å²) in [7, 11) is 0. The van der Waals surface area contributed by atoms with Crippen molar-refractivity contribution in [1.29, 1.82) is 0 Å². The van der Waals surface area contributed by atoms with Gasteiger partial charge in [0.05, 0.1) is 24.4 Å². The Bertz CT molecular complexity index is 530. The molecule has 4 nitrogen and oxygen atoms in total. The number of ether oxygens (including phenoxy) is 2. The Morgan fingerprint density at radius 2 is 1.84 bits per heavy atom. The van der Waals surface area contributed by atoms with Crippen LogP contribution in [0, 0.1) is 6.92 Å². The van der Waals surface area contributed by atoms with E-state index in [0.29, 0.717) is 13.2 Å². The minimum Gasteiger partial charge on any atom is -0.348 e. The molecule has 1 unspecified atom stereocenters. The third-order valence-electron chi connectivity index (χ3n) is 3.23. The smallest absolute Gasteiger partial charge is 0.179 e. The van der Waals surface area contributed by atoms with Crippen molar-refractivity contribution < 1.29 is 9.47 Å². The zero-order valence-corrected chi connectivity index (χ0v) is 12.1. The molecule has 4 heteroatoms. The topological polar surface area (TPSA) is 36.3 Å². The van der Waals surface area contributed by atoms with Crippen molar-refractivity contribution >= 4 is 10.9 Å². The van der Waals surface area contributed by atoms with Gasteiger partial charge in [-0.15, -0.1) is 0 Å². The van der Waals surface area contributed by atoms with E-state index >= 15 is 0 Å². The largest absolute Gasteiger partial charge is 0.348 e. The van der Waals surface area contributed by atoms with Gasteiger partial charge in [0.1, 0.15) is 6.04 Å². The first kappa shape index (κ1) is 14.0. The summed E-state index contributed by atoms with van der Waals surface area (Å²) in [6, 6.07) is 8.34. The van der Waals surface area contributed by atoms with Crippen molar-refractivity contribution in [3.63, 3.8) is 0 Å². The Hall–Kier alpha value is -1.39. The monoisotopic (exact) mass is 262 g/mol. The van der Waals surface area contributed by atoms with Crippen LogP contribution in [-0.2, 0) is 9.47 Å². The minimum absolute atomic E-state index is 0.0936. The lowest BCUT2D eigenvalue weighted by Crippen LogP contribution is -2.23. The van der Waals surface area contributed by atoms with Gasteiger partial charge in [-0.2, -0.15) is 5.10 Å². The maximum Gasteiger partial charge on any atom is 0.179 e. The fourth-order valence-electron chi connectivity index (χ4n) is 2.33. The summed E-state index contributed by atoms with van der Waals surface area (Å²) in [5.74, 6) is 0. The van der Waals surface area contributed by atoms with Gasteiger partial charge in [0.2, 0.25) is 0 Å². The molecule has 1 aliphatic heterocycles. The van der Waals surface area contributed by atoms with Crippen molar-refractivity contribution in [2.75, 3.05) is 13.2 Å². The summed E-state index contributed by atoms with van der Waals surface area (Å²) in [5.41, 5.74) is 2.18. The van der Waals surface area contributed by atoms with Crippen LogP contribution in [0.4, 0.5) is 0 Å². The van der Waals surface area contributed by atoms with E-state index in [-0.39, 0.29) is 12.3 Å². The van der Waals surface area contributed by atoms with Crippen molar-refractivity contribution in [1.82, 2.24) is 9.78 Å². The number of benzene rings is 1. The molecule has 0 saturated carbocycles. The highest BCUT2D eigenvalue weighted by atomic mass is 16.7. The summed E-state index contributed by atoms with van der Waals surface area (Å²) in [6.45, 7) is 9.46. The Morgan fingerprint density at radius 3 is 2.53 bits per heavy atom. The second-order valence-corrected chi connectivity index (χ2v) is 4.40. The number of aromatic nitrogens is 2. The summed E-state index contributed by atoms with van der Waals surface area (Å²) in [4.78, 5) is 0. The number of para-hydroxylation sites is 1. The van der Waals surface area contributed by atoms with Gasteiger partial charge in [-0.1, -0.05) is 32.0 Å². The Morgan fingerprint density at radius 1 is 1.21 bits per heavy atom. The van der Waals surface area contributed by atoms with E-state index in [1.54, 1.807) is 0 Å². The first-order valence-corrected chi connectivity index (χ1v) is 6.94. The molecule has 2 heterocycles. The molecule has 1 aromatic carbocycles. The molecule has 1 atom stereocenters. The van der Waals surface area contributed by atoms with Crippen LogP contribution >= 0.6 is 0 Å². The lowest BCUT2D eigenvalue weighted by atomic mass is 10.2. The molecule has 19 heavy (non-hydrogen) atoms. The van der Waals surface area contributed by atoms with E-state index in [1.165, 1.54) is 5.39 Å². The average molecular weight is 262 g/mol.